The van der Waals surface area contributed by atoms with Crippen molar-refractivity contribution in [1.29, 1.82) is 5.26 Å². The van der Waals surface area contributed by atoms with Gasteiger partial charge in [0.1, 0.15) is 12.4 Å². The zero-order chi connectivity index (χ0) is 25.3. The van der Waals surface area contributed by atoms with E-state index in [0.29, 0.717) is 31.3 Å². The summed E-state index contributed by atoms with van der Waals surface area (Å²) >= 11 is 0. The van der Waals surface area contributed by atoms with Crippen molar-refractivity contribution in [1.82, 2.24) is 9.78 Å². The van der Waals surface area contributed by atoms with E-state index in [1.165, 1.54) is 0 Å². The number of carbonyl (C=O) groups is 1. The minimum absolute atomic E-state index is 0.230. The number of benzene rings is 2. The standard InChI is InChI=1S/C29H33N3O4/c1-35-25-10-5-9-24(17-25)28-26(11-6-16-30)31-32(29(28)23-7-3-2-4-8-23)18-21-12-14-22(15-13-21)19-36-20-27(33)34/h2-5,7-10,17,21-22H,6,11-15,18-20H2,1H3,(H,33,34)/t21-,22-. The van der Waals surface area contributed by atoms with Crippen LogP contribution in [-0.4, -0.2) is 41.2 Å². The molecule has 0 radical (unpaired) electrons. The second-order valence-electron chi connectivity index (χ2n) is 9.40. The van der Waals surface area contributed by atoms with Gasteiger partial charge in [0, 0.05) is 30.5 Å². The van der Waals surface area contributed by atoms with E-state index in [9.17, 15) is 10.1 Å². The highest BCUT2D eigenvalue weighted by atomic mass is 16.5. The van der Waals surface area contributed by atoms with Crippen LogP contribution in [0.5, 0.6) is 5.75 Å². The summed E-state index contributed by atoms with van der Waals surface area (Å²) < 4.78 is 13.0. The van der Waals surface area contributed by atoms with Crippen LogP contribution in [0.2, 0.25) is 0 Å². The number of carboxylic acids is 1. The summed E-state index contributed by atoms with van der Waals surface area (Å²) in [6, 6.07) is 20.6. The third-order valence-electron chi connectivity index (χ3n) is 6.88. The molecule has 36 heavy (non-hydrogen) atoms. The number of aryl methyl sites for hydroxylation is 1. The maximum absolute atomic E-state index is 10.7. The van der Waals surface area contributed by atoms with Crippen LogP contribution in [0, 0.1) is 23.2 Å². The van der Waals surface area contributed by atoms with Gasteiger partial charge in [0.2, 0.25) is 0 Å². The van der Waals surface area contributed by atoms with Gasteiger partial charge in [-0.2, -0.15) is 10.4 Å². The molecule has 7 heteroatoms. The van der Waals surface area contributed by atoms with Crippen molar-refractivity contribution in [3.63, 3.8) is 0 Å². The number of carboxylic acid groups (broad SMARTS) is 1. The molecule has 2 aromatic carbocycles. The molecule has 3 aromatic rings. The zero-order valence-corrected chi connectivity index (χ0v) is 20.7. The number of ether oxygens (including phenoxy) is 2. The van der Waals surface area contributed by atoms with Crippen LogP contribution in [0.3, 0.4) is 0 Å². The highest BCUT2D eigenvalue weighted by Gasteiger charge is 2.26. The predicted octanol–water partition coefficient (Wildman–Crippen LogP) is 5.59. The van der Waals surface area contributed by atoms with Crippen molar-refractivity contribution in [2.24, 2.45) is 11.8 Å². The van der Waals surface area contributed by atoms with Gasteiger partial charge in [-0.15, -0.1) is 0 Å². The summed E-state index contributed by atoms with van der Waals surface area (Å²) in [7, 11) is 1.67. The van der Waals surface area contributed by atoms with Crippen LogP contribution < -0.4 is 4.74 Å². The SMILES string of the molecule is COc1cccc(-c2c(CCC#N)nn(C[C@H]3CC[C@H](COCC(=O)O)CC3)c2-c2ccccc2)c1. The second-order valence-corrected chi connectivity index (χ2v) is 9.40. The largest absolute Gasteiger partial charge is 0.497 e. The fourth-order valence-electron chi connectivity index (χ4n) is 5.10. The molecule has 0 unspecified atom stereocenters. The number of hydrogen-bond donors (Lipinski definition) is 1. The minimum atomic E-state index is -0.921. The Bertz CT molecular complexity index is 1190. The molecule has 1 heterocycles. The van der Waals surface area contributed by atoms with Gasteiger partial charge in [-0.05, 0) is 55.2 Å². The predicted molar refractivity (Wildman–Crippen MR) is 137 cm³/mol. The summed E-state index contributed by atoms with van der Waals surface area (Å²) in [5.41, 5.74) is 5.20. The third kappa shape index (κ3) is 6.32. The van der Waals surface area contributed by atoms with Crippen molar-refractivity contribution in [2.45, 2.75) is 45.1 Å². The molecule has 188 valence electrons. The van der Waals surface area contributed by atoms with Crippen LogP contribution in [0.25, 0.3) is 22.4 Å². The smallest absolute Gasteiger partial charge is 0.329 e. The molecule has 1 aliphatic rings. The molecular formula is C29H33N3O4. The molecule has 0 spiro atoms. The van der Waals surface area contributed by atoms with E-state index in [2.05, 4.69) is 29.0 Å². The normalized spacial score (nSPS) is 17.4. The molecule has 0 aliphatic heterocycles. The number of aromatic nitrogens is 2. The summed E-state index contributed by atoms with van der Waals surface area (Å²) in [6.45, 7) is 1.08. The number of rotatable bonds is 11. The Morgan fingerprint density at radius 3 is 2.50 bits per heavy atom. The molecule has 1 fully saturated rings. The first-order valence-corrected chi connectivity index (χ1v) is 12.5. The van der Waals surface area contributed by atoms with Gasteiger partial charge in [0.05, 0.1) is 31.2 Å². The van der Waals surface area contributed by atoms with Gasteiger partial charge in [-0.1, -0.05) is 42.5 Å². The van der Waals surface area contributed by atoms with Crippen molar-refractivity contribution in [3.8, 4) is 34.2 Å². The van der Waals surface area contributed by atoms with Gasteiger partial charge in [0.15, 0.2) is 0 Å². The van der Waals surface area contributed by atoms with E-state index in [4.69, 9.17) is 19.7 Å². The van der Waals surface area contributed by atoms with Crippen molar-refractivity contribution in [3.05, 3.63) is 60.3 Å². The number of aliphatic carboxylic acids is 1. The minimum Gasteiger partial charge on any atom is -0.497 e. The highest BCUT2D eigenvalue weighted by Crippen LogP contribution is 2.39. The first kappa shape index (κ1) is 25.5. The lowest BCUT2D eigenvalue weighted by atomic mass is 9.82. The summed E-state index contributed by atoms with van der Waals surface area (Å²) in [6.07, 6.45) is 5.15. The van der Waals surface area contributed by atoms with Crippen molar-refractivity contribution < 1.29 is 19.4 Å². The van der Waals surface area contributed by atoms with E-state index >= 15 is 0 Å². The van der Waals surface area contributed by atoms with Crippen LogP contribution >= 0.6 is 0 Å². The quantitative estimate of drug-likeness (QED) is 0.379. The van der Waals surface area contributed by atoms with Crippen LogP contribution in [0.15, 0.2) is 54.6 Å². The van der Waals surface area contributed by atoms with Crippen LogP contribution in [0.4, 0.5) is 0 Å². The Balaban J connectivity index is 1.63. The first-order valence-electron chi connectivity index (χ1n) is 12.5. The van der Waals surface area contributed by atoms with Gasteiger partial charge in [-0.25, -0.2) is 4.79 Å². The van der Waals surface area contributed by atoms with E-state index in [1.807, 2.05) is 36.4 Å². The Labute approximate surface area is 212 Å². The molecule has 1 aliphatic carbocycles. The summed E-state index contributed by atoms with van der Waals surface area (Å²) in [5, 5.41) is 23.2. The number of nitriles is 1. The van der Waals surface area contributed by atoms with E-state index < -0.39 is 5.97 Å². The lowest BCUT2D eigenvalue weighted by Crippen LogP contribution is -2.23. The Hall–Kier alpha value is -3.63. The first-order chi connectivity index (χ1) is 17.6. The van der Waals surface area contributed by atoms with E-state index in [-0.39, 0.29) is 6.61 Å². The monoisotopic (exact) mass is 487 g/mol. The number of hydrogen-bond acceptors (Lipinski definition) is 5. The molecule has 0 bridgehead atoms. The molecule has 0 atom stereocenters. The maximum atomic E-state index is 10.7. The molecule has 0 amide bonds. The average molecular weight is 488 g/mol. The van der Waals surface area contributed by atoms with E-state index in [0.717, 1.165) is 66.1 Å². The molecule has 0 saturated heterocycles. The molecule has 1 aromatic heterocycles. The highest BCUT2D eigenvalue weighted by molar-refractivity contribution is 5.83. The van der Waals surface area contributed by atoms with Gasteiger partial charge in [-0.3, -0.25) is 4.68 Å². The van der Waals surface area contributed by atoms with Gasteiger partial charge < -0.3 is 14.6 Å². The topological polar surface area (TPSA) is 97.4 Å². The molecular weight excluding hydrogens is 454 g/mol. The summed E-state index contributed by atoms with van der Waals surface area (Å²) in [5.74, 6) is 0.749. The Morgan fingerprint density at radius 1 is 1.08 bits per heavy atom. The molecule has 1 N–H and O–H groups in total. The molecule has 7 nitrogen and oxygen atoms in total. The fraction of sp³-hybridized carbons (Fsp3) is 0.414. The lowest BCUT2D eigenvalue weighted by Gasteiger charge is -2.28. The second kappa shape index (κ2) is 12.4. The maximum Gasteiger partial charge on any atom is 0.329 e. The molecule has 4 rings (SSSR count). The van der Waals surface area contributed by atoms with Gasteiger partial charge >= 0.3 is 5.97 Å². The fourth-order valence-corrected chi connectivity index (χ4v) is 5.10. The number of nitrogens with zero attached hydrogens (tertiary/aromatic N) is 3. The van der Waals surface area contributed by atoms with Crippen LogP contribution in [-0.2, 0) is 22.5 Å². The summed E-state index contributed by atoms with van der Waals surface area (Å²) in [4.78, 5) is 10.7. The van der Waals surface area contributed by atoms with Crippen molar-refractivity contribution >= 4 is 5.97 Å². The van der Waals surface area contributed by atoms with Crippen LogP contribution in [0.1, 0.15) is 37.8 Å². The Morgan fingerprint density at radius 2 is 1.81 bits per heavy atom. The zero-order valence-electron chi connectivity index (χ0n) is 20.7. The molecule has 1 saturated carbocycles. The lowest BCUT2D eigenvalue weighted by molar-refractivity contribution is -0.142. The third-order valence-corrected chi connectivity index (χ3v) is 6.88. The van der Waals surface area contributed by atoms with E-state index in [1.54, 1.807) is 7.11 Å². The van der Waals surface area contributed by atoms with Crippen molar-refractivity contribution in [2.75, 3.05) is 20.3 Å². The van der Waals surface area contributed by atoms with Gasteiger partial charge in [0.25, 0.3) is 0 Å². The Kier molecular flexibility index (Phi) is 8.75. The number of methoxy groups -OCH3 is 1. The average Bonchev–Trinajstić information content (AvgIpc) is 3.26.